The minimum Gasteiger partial charge on any atom is -0.474 e. The lowest BCUT2D eigenvalue weighted by Crippen LogP contribution is -2.36. The summed E-state index contributed by atoms with van der Waals surface area (Å²) in [6.45, 7) is 6.06. The third-order valence-electron chi connectivity index (χ3n) is 3.53. The Hall–Kier alpha value is -2.53. The molecule has 2 amide bonds. The third-order valence-corrected chi connectivity index (χ3v) is 3.88. The topological polar surface area (TPSA) is 41.9 Å². The average molecular weight is 354 g/mol. The molecule has 0 heterocycles. The quantitative estimate of drug-likeness (QED) is 0.558. The summed E-state index contributed by atoms with van der Waals surface area (Å²) in [5, 5.41) is 0.0567. The van der Waals surface area contributed by atoms with Gasteiger partial charge >= 0.3 is 6.03 Å². The van der Waals surface area contributed by atoms with Crippen LogP contribution in [0.2, 0.25) is 0 Å². The number of methoxy groups -OCH3 is 1. The number of carbonyl (C=O) groups is 1. The Labute approximate surface area is 154 Å². The highest BCUT2D eigenvalue weighted by Crippen LogP contribution is 2.24. The van der Waals surface area contributed by atoms with E-state index in [4.69, 9.17) is 17.0 Å². The van der Waals surface area contributed by atoms with Crippen LogP contribution in [0.4, 0.5) is 10.5 Å². The molecule has 0 saturated carbocycles. The molecule has 5 heteroatoms. The molecule has 0 aliphatic heterocycles. The highest BCUT2D eigenvalue weighted by Gasteiger charge is 2.26. The van der Waals surface area contributed by atoms with Crippen molar-refractivity contribution in [3.63, 3.8) is 0 Å². The zero-order valence-corrected chi connectivity index (χ0v) is 15.7. The van der Waals surface area contributed by atoms with Gasteiger partial charge in [0.25, 0.3) is 5.17 Å². The zero-order valence-electron chi connectivity index (χ0n) is 14.9. The Kier molecular flexibility index (Phi) is 6.04. The fourth-order valence-electron chi connectivity index (χ4n) is 2.37. The molecule has 130 valence electrons. The lowest BCUT2D eigenvalue weighted by atomic mass is 9.85. The van der Waals surface area contributed by atoms with Gasteiger partial charge in [-0.3, -0.25) is 0 Å². The number of nitrogens with zero attached hydrogens (tertiary/aromatic N) is 2. The van der Waals surface area contributed by atoms with Gasteiger partial charge in [-0.05, 0) is 29.9 Å². The number of anilines is 1. The molecular weight excluding hydrogens is 332 g/mol. The van der Waals surface area contributed by atoms with Gasteiger partial charge in [-0.25, -0.2) is 9.69 Å². The van der Waals surface area contributed by atoms with Crippen LogP contribution < -0.4 is 4.90 Å². The summed E-state index contributed by atoms with van der Waals surface area (Å²) < 4.78 is 5.13. The van der Waals surface area contributed by atoms with Crippen LogP contribution in [0.1, 0.15) is 26.3 Å². The number of thiocarbonyl (C=S) groups is 1. The highest BCUT2D eigenvalue weighted by molar-refractivity contribution is 7.80. The number of ether oxygens (including phenoxy) is 1. The van der Waals surface area contributed by atoms with Gasteiger partial charge in [-0.15, -0.1) is 0 Å². The fourth-order valence-corrected chi connectivity index (χ4v) is 2.55. The van der Waals surface area contributed by atoms with E-state index in [1.54, 1.807) is 12.1 Å². The second kappa shape index (κ2) is 8.03. The number of rotatable bonds is 2. The van der Waals surface area contributed by atoms with Gasteiger partial charge in [0.2, 0.25) is 0 Å². The number of hydrogen-bond donors (Lipinski definition) is 0. The van der Waals surface area contributed by atoms with Crippen molar-refractivity contribution >= 4 is 34.8 Å². The first-order valence-electron chi connectivity index (χ1n) is 7.96. The van der Waals surface area contributed by atoms with Crippen LogP contribution in [-0.4, -0.2) is 24.0 Å². The Morgan fingerprint density at radius 3 is 2.00 bits per heavy atom. The number of hydrogen-bond acceptors (Lipinski definition) is 3. The van der Waals surface area contributed by atoms with E-state index >= 15 is 0 Å². The van der Waals surface area contributed by atoms with Crippen molar-refractivity contribution in [2.75, 3.05) is 12.0 Å². The van der Waals surface area contributed by atoms with Gasteiger partial charge in [0.05, 0.1) is 18.5 Å². The standard InChI is InChI=1S/C20H22N2O2S/c1-20(2,3)17(15-11-7-5-8-12-15)21-18(23)22(19(25)24-4)16-13-9-6-10-14-16/h5-14H,1-4H3/b21-17+. The molecule has 2 aromatic carbocycles. The first-order valence-corrected chi connectivity index (χ1v) is 8.37. The molecule has 2 aromatic rings. The molecule has 0 aliphatic rings. The zero-order chi connectivity index (χ0) is 18.4. The Balaban J connectivity index is 2.50. The molecule has 0 unspecified atom stereocenters. The lowest BCUT2D eigenvalue weighted by Gasteiger charge is -2.24. The van der Waals surface area contributed by atoms with Gasteiger partial charge in [0, 0.05) is 5.41 Å². The summed E-state index contributed by atoms with van der Waals surface area (Å²) >= 11 is 5.21. The Bertz CT molecular complexity index is 765. The van der Waals surface area contributed by atoms with E-state index in [1.165, 1.54) is 12.0 Å². The van der Waals surface area contributed by atoms with E-state index < -0.39 is 6.03 Å². The van der Waals surface area contributed by atoms with Crippen molar-refractivity contribution in [1.82, 2.24) is 0 Å². The molecular formula is C20H22N2O2S. The van der Waals surface area contributed by atoms with Gasteiger partial charge < -0.3 is 4.74 Å². The maximum atomic E-state index is 12.9. The highest BCUT2D eigenvalue weighted by atomic mass is 32.1. The molecule has 0 radical (unpaired) electrons. The van der Waals surface area contributed by atoms with Crippen molar-refractivity contribution in [3.8, 4) is 0 Å². The average Bonchev–Trinajstić information content (AvgIpc) is 2.60. The van der Waals surface area contributed by atoms with Crippen LogP contribution in [0.5, 0.6) is 0 Å². The smallest absolute Gasteiger partial charge is 0.355 e. The van der Waals surface area contributed by atoms with Crippen LogP contribution in [0, 0.1) is 5.41 Å². The predicted octanol–water partition coefficient (Wildman–Crippen LogP) is 5.08. The van der Waals surface area contributed by atoms with E-state index in [1.807, 2.05) is 69.3 Å². The number of urea groups is 1. The van der Waals surface area contributed by atoms with Crippen molar-refractivity contribution in [3.05, 3.63) is 66.2 Å². The molecule has 0 saturated heterocycles. The van der Waals surface area contributed by atoms with Crippen LogP contribution in [0.25, 0.3) is 0 Å². The molecule has 4 nitrogen and oxygen atoms in total. The van der Waals surface area contributed by atoms with Crippen LogP contribution in [-0.2, 0) is 4.74 Å². The third kappa shape index (κ3) is 4.73. The summed E-state index contributed by atoms with van der Waals surface area (Å²) in [5.41, 5.74) is 1.90. The molecule has 0 N–H and O–H groups in total. The molecule has 0 fully saturated rings. The van der Waals surface area contributed by atoms with E-state index in [0.717, 1.165) is 5.56 Å². The van der Waals surface area contributed by atoms with E-state index in [9.17, 15) is 4.79 Å². The molecule has 0 atom stereocenters. The van der Waals surface area contributed by atoms with Gasteiger partial charge in [-0.2, -0.15) is 4.99 Å². The normalized spacial score (nSPS) is 11.8. The van der Waals surface area contributed by atoms with Gasteiger partial charge in [0.15, 0.2) is 0 Å². The molecule has 0 aliphatic carbocycles. The summed E-state index contributed by atoms with van der Waals surface area (Å²) in [6, 6.07) is 18.3. The SMILES string of the molecule is COC(=S)N(C(=O)/N=C(\c1ccccc1)C(C)(C)C)c1ccccc1. The number of amides is 2. The summed E-state index contributed by atoms with van der Waals surface area (Å²) in [6.07, 6.45) is 0. The number of carbonyl (C=O) groups excluding carboxylic acids is 1. The number of aliphatic imine (C=N–C) groups is 1. The lowest BCUT2D eigenvalue weighted by molar-refractivity contribution is 0.255. The van der Waals surface area contributed by atoms with Crippen LogP contribution >= 0.6 is 12.2 Å². The maximum Gasteiger partial charge on any atom is 0.355 e. The van der Waals surface area contributed by atoms with Crippen LogP contribution in [0.15, 0.2) is 65.7 Å². The fraction of sp³-hybridized carbons (Fsp3) is 0.250. The number of para-hydroxylation sites is 1. The summed E-state index contributed by atoms with van der Waals surface area (Å²) in [5.74, 6) is 0. The molecule has 2 rings (SSSR count). The maximum absolute atomic E-state index is 12.9. The second-order valence-electron chi connectivity index (χ2n) is 6.50. The predicted molar refractivity (Wildman–Crippen MR) is 106 cm³/mol. The van der Waals surface area contributed by atoms with Crippen molar-refractivity contribution in [2.45, 2.75) is 20.8 Å². The van der Waals surface area contributed by atoms with Gasteiger partial charge in [0.1, 0.15) is 0 Å². The minimum absolute atomic E-state index is 0.0567. The largest absolute Gasteiger partial charge is 0.474 e. The minimum atomic E-state index is -0.480. The number of benzene rings is 2. The van der Waals surface area contributed by atoms with Crippen molar-refractivity contribution < 1.29 is 9.53 Å². The summed E-state index contributed by atoms with van der Waals surface area (Å²) in [7, 11) is 1.44. The molecule has 25 heavy (non-hydrogen) atoms. The Morgan fingerprint density at radius 2 is 1.52 bits per heavy atom. The molecule has 0 bridgehead atoms. The first-order chi connectivity index (χ1) is 11.8. The van der Waals surface area contributed by atoms with Crippen molar-refractivity contribution in [1.29, 1.82) is 0 Å². The molecule has 0 aromatic heterocycles. The van der Waals surface area contributed by atoms with E-state index in [0.29, 0.717) is 11.4 Å². The second-order valence-corrected chi connectivity index (χ2v) is 6.85. The van der Waals surface area contributed by atoms with E-state index in [-0.39, 0.29) is 10.6 Å². The Morgan fingerprint density at radius 1 is 1.00 bits per heavy atom. The van der Waals surface area contributed by atoms with Crippen molar-refractivity contribution in [2.24, 2.45) is 10.4 Å². The monoisotopic (exact) mass is 354 g/mol. The van der Waals surface area contributed by atoms with Crippen LogP contribution in [0.3, 0.4) is 0 Å². The van der Waals surface area contributed by atoms with E-state index in [2.05, 4.69) is 4.99 Å². The molecule has 0 spiro atoms. The van der Waals surface area contributed by atoms with Gasteiger partial charge in [-0.1, -0.05) is 69.3 Å². The first kappa shape index (κ1) is 18.8. The summed E-state index contributed by atoms with van der Waals surface area (Å²) in [4.78, 5) is 18.6.